The van der Waals surface area contributed by atoms with Crippen molar-refractivity contribution < 1.29 is 9.18 Å². The van der Waals surface area contributed by atoms with Crippen LogP contribution in [0.1, 0.15) is 43.5 Å². The Labute approximate surface area is 113 Å². The summed E-state index contributed by atoms with van der Waals surface area (Å²) in [4.78, 5) is 18.4. The van der Waals surface area contributed by atoms with Crippen LogP contribution in [0.15, 0.2) is 12.3 Å². The number of nitrogens with one attached hydrogen (secondary N) is 1. The van der Waals surface area contributed by atoms with Crippen molar-refractivity contribution in [2.45, 2.75) is 39.2 Å². The van der Waals surface area contributed by atoms with Gasteiger partial charge in [0.25, 0.3) is 5.91 Å². The molecule has 1 atom stereocenters. The minimum atomic E-state index is -0.475. The highest BCUT2D eigenvalue weighted by molar-refractivity contribution is 5.99. The van der Waals surface area contributed by atoms with Crippen LogP contribution in [0.3, 0.4) is 0 Å². The van der Waals surface area contributed by atoms with Gasteiger partial charge < -0.3 is 10.2 Å². The van der Waals surface area contributed by atoms with Crippen LogP contribution in [0.25, 0.3) is 0 Å². The Bertz CT molecular complexity index is 464. The van der Waals surface area contributed by atoms with E-state index in [0.29, 0.717) is 17.9 Å². The van der Waals surface area contributed by atoms with Crippen LogP contribution in [-0.4, -0.2) is 34.9 Å². The predicted molar refractivity (Wildman–Crippen MR) is 72.7 cm³/mol. The fourth-order valence-corrected chi connectivity index (χ4v) is 2.59. The summed E-state index contributed by atoms with van der Waals surface area (Å²) >= 11 is 0. The molecule has 0 aliphatic carbocycles. The van der Waals surface area contributed by atoms with E-state index >= 15 is 0 Å². The third-order valence-electron chi connectivity index (χ3n) is 3.54. The van der Waals surface area contributed by atoms with Gasteiger partial charge >= 0.3 is 0 Å². The number of nitrogens with zero attached hydrogens (tertiary/aromatic N) is 2. The molecule has 5 heteroatoms. The maximum absolute atomic E-state index is 13.4. The average molecular weight is 265 g/mol. The Hall–Kier alpha value is -1.65. The third kappa shape index (κ3) is 2.85. The number of pyridine rings is 1. The zero-order valence-electron chi connectivity index (χ0n) is 11.4. The molecule has 19 heavy (non-hydrogen) atoms. The minimum Gasteiger partial charge on any atom is -0.370 e. The molecule has 0 radical (unpaired) electrons. The first-order valence-corrected chi connectivity index (χ1v) is 6.87. The lowest BCUT2D eigenvalue weighted by atomic mass is 10.1. The number of halogens is 1. The highest BCUT2D eigenvalue weighted by Gasteiger charge is 2.29. The number of rotatable bonds is 4. The fourth-order valence-electron chi connectivity index (χ4n) is 2.59. The van der Waals surface area contributed by atoms with Crippen LogP contribution < -0.4 is 5.32 Å². The van der Waals surface area contributed by atoms with Crippen molar-refractivity contribution in [3.8, 4) is 0 Å². The van der Waals surface area contributed by atoms with Crippen LogP contribution in [0, 0.1) is 5.82 Å². The Morgan fingerprint density at radius 1 is 1.58 bits per heavy atom. The molecule has 1 N–H and O–H groups in total. The largest absolute Gasteiger partial charge is 0.370 e. The maximum Gasteiger partial charge on any atom is 0.257 e. The topological polar surface area (TPSA) is 45.2 Å². The number of carbonyl (C=O) groups is 1. The van der Waals surface area contributed by atoms with E-state index in [0.717, 1.165) is 32.0 Å². The summed E-state index contributed by atoms with van der Waals surface area (Å²) < 4.78 is 13.4. The molecule has 1 aromatic rings. The molecule has 1 amide bonds. The van der Waals surface area contributed by atoms with E-state index in [9.17, 15) is 9.18 Å². The lowest BCUT2D eigenvalue weighted by molar-refractivity contribution is 0.0734. The van der Waals surface area contributed by atoms with Crippen molar-refractivity contribution in [1.29, 1.82) is 0 Å². The molecule has 2 rings (SSSR count). The van der Waals surface area contributed by atoms with Gasteiger partial charge in [0.15, 0.2) is 0 Å². The van der Waals surface area contributed by atoms with E-state index in [1.165, 1.54) is 6.07 Å². The molecular weight excluding hydrogens is 245 g/mol. The maximum atomic E-state index is 13.4. The summed E-state index contributed by atoms with van der Waals surface area (Å²) in [6.45, 7) is 5.39. The third-order valence-corrected chi connectivity index (χ3v) is 3.54. The number of hydrogen-bond acceptors (Lipinski definition) is 3. The number of hydrogen-bond donors (Lipinski definition) is 1. The number of carbonyl (C=O) groups excluding carboxylic acids is 1. The number of anilines is 1. The molecule has 0 aromatic carbocycles. The van der Waals surface area contributed by atoms with Gasteiger partial charge in [-0.25, -0.2) is 9.37 Å². The first-order chi connectivity index (χ1) is 9.17. The Kier molecular flexibility index (Phi) is 4.35. The Morgan fingerprint density at radius 3 is 3.05 bits per heavy atom. The molecule has 2 heterocycles. The van der Waals surface area contributed by atoms with Crippen LogP contribution in [-0.2, 0) is 0 Å². The molecule has 1 saturated heterocycles. The zero-order chi connectivity index (χ0) is 13.8. The Morgan fingerprint density at radius 2 is 2.37 bits per heavy atom. The van der Waals surface area contributed by atoms with Crippen molar-refractivity contribution in [2.24, 2.45) is 0 Å². The van der Waals surface area contributed by atoms with Crippen LogP contribution in [0.2, 0.25) is 0 Å². The van der Waals surface area contributed by atoms with Crippen molar-refractivity contribution in [1.82, 2.24) is 9.88 Å². The van der Waals surface area contributed by atoms with E-state index in [1.807, 2.05) is 11.8 Å². The summed E-state index contributed by atoms with van der Waals surface area (Å²) in [6.07, 6.45) is 4.12. The predicted octanol–water partition coefficient (Wildman–Crippen LogP) is 2.67. The molecule has 0 spiro atoms. The van der Waals surface area contributed by atoms with E-state index in [1.54, 1.807) is 0 Å². The molecular formula is C14H20FN3O. The molecule has 0 bridgehead atoms. The quantitative estimate of drug-likeness (QED) is 0.910. The fraction of sp³-hybridized carbons (Fsp3) is 0.571. The minimum absolute atomic E-state index is 0.118. The molecule has 1 aliphatic heterocycles. The second-order valence-electron chi connectivity index (χ2n) is 4.78. The number of likely N-dealkylation sites (tertiary alicyclic amines) is 1. The van der Waals surface area contributed by atoms with Gasteiger partial charge in [-0.15, -0.1) is 0 Å². The number of aromatic nitrogens is 1. The zero-order valence-corrected chi connectivity index (χ0v) is 11.4. The molecule has 104 valence electrons. The number of amides is 1. The summed E-state index contributed by atoms with van der Waals surface area (Å²) in [5, 5.41) is 3.02. The summed E-state index contributed by atoms with van der Waals surface area (Å²) in [5.41, 5.74) is 0.335. The van der Waals surface area contributed by atoms with Gasteiger partial charge in [0.2, 0.25) is 0 Å². The smallest absolute Gasteiger partial charge is 0.257 e. The van der Waals surface area contributed by atoms with Crippen molar-refractivity contribution >= 4 is 11.7 Å². The summed E-state index contributed by atoms with van der Waals surface area (Å²) in [6, 6.07) is 1.54. The van der Waals surface area contributed by atoms with Gasteiger partial charge in [-0.2, -0.15) is 0 Å². The average Bonchev–Trinajstić information content (AvgIpc) is 2.88. The standard InChI is InChI=1S/C14H20FN3O/c1-3-11-6-5-7-18(11)14(19)12-8-10(15)9-17-13(12)16-4-2/h8-9,11H,3-7H2,1-2H3,(H,16,17). The van der Waals surface area contributed by atoms with E-state index < -0.39 is 5.82 Å². The first-order valence-electron chi connectivity index (χ1n) is 6.87. The molecule has 1 unspecified atom stereocenters. The van der Waals surface area contributed by atoms with Gasteiger partial charge in [0.05, 0.1) is 11.8 Å². The van der Waals surface area contributed by atoms with E-state index in [2.05, 4.69) is 17.2 Å². The van der Waals surface area contributed by atoms with Gasteiger partial charge in [-0.1, -0.05) is 6.92 Å². The van der Waals surface area contributed by atoms with Gasteiger partial charge in [-0.3, -0.25) is 4.79 Å². The van der Waals surface area contributed by atoms with Crippen LogP contribution in [0.4, 0.5) is 10.2 Å². The van der Waals surface area contributed by atoms with Crippen molar-refractivity contribution in [2.75, 3.05) is 18.4 Å². The van der Waals surface area contributed by atoms with Gasteiger partial charge in [0.1, 0.15) is 11.6 Å². The molecule has 1 aromatic heterocycles. The van der Waals surface area contributed by atoms with Crippen molar-refractivity contribution in [3.05, 3.63) is 23.6 Å². The lowest BCUT2D eigenvalue weighted by Gasteiger charge is -2.24. The summed E-state index contributed by atoms with van der Waals surface area (Å²) in [5.74, 6) is -0.125. The molecule has 1 aliphatic rings. The van der Waals surface area contributed by atoms with E-state index in [4.69, 9.17) is 0 Å². The molecule has 4 nitrogen and oxygen atoms in total. The van der Waals surface area contributed by atoms with Crippen molar-refractivity contribution in [3.63, 3.8) is 0 Å². The first kappa shape index (κ1) is 13.8. The molecule has 0 saturated carbocycles. The molecule has 1 fully saturated rings. The van der Waals surface area contributed by atoms with E-state index in [-0.39, 0.29) is 11.9 Å². The highest BCUT2D eigenvalue weighted by Crippen LogP contribution is 2.24. The SMILES string of the molecule is CCNc1ncc(F)cc1C(=O)N1CCCC1CC. The lowest BCUT2D eigenvalue weighted by Crippen LogP contribution is -2.35. The monoisotopic (exact) mass is 265 g/mol. The second kappa shape index (κ2) is 5.99. The van der Waals surface area contributed by atoms with Gasteiger partial charge in [0, 0.05) is 19.1 Å². The van der Waals surface area contributed by atoms with Gasteiger partial charge in [-0.05, 0) is 32.3 Å². The van der Waals surface area contributed by atoms with Crippen LogP contribution >= 0.6 is 0 Å². The second-order valence-corrected chi connectivity index (χ2v) is 4.78. The Balaban J connectivity index is 2.29. The van der Waals surface area contributed by atoms with Crippen LogP contribution in [0.5, 0.6) is 0 Å². The normalized spacial score (nSPS) is 18.7. The summed E-state index contributed by atoms with van der Waals surface area (Å²) in [7, 11) is 0. The highest BCUT2D eigenvalue weighted by atomic mass is 19.1.